The average molecular weight is 515 g/mol. The number of imidazole rings is 1. The number of aliphatic carboxylic acids is 1. The van der Waals surface area contributed by atoms with E-state index < -0.39 is 59.7 Å². The van der Waals surface area contributed by atoms with Crippen molar-refractivity contribution in [1.82, 2.24) is 25.9 Å². The van der Waals surface area contributed by atoms with Crippen LogP contribution in [0.4, 0.5) is 0 Å². The molecule has 1 aromatic rings. The summed E-state index contributed by atoms with van der Waals surface area (Å²) in [6, 6.07) is -5.07. The molecule has 0 spiro atoms. The maximum absolute atomic E-state index is 13.0. The molecule has 0 bridgehead atoms. The lowest BCUT2D eigenvalue weighted by molar-refractivity contribution is -0.141. The number of carboxylic acid groups (broad SMARTS) is 1. The Kier molecular flexibility index (Phi) is 12.2. The number of carbonyl (C=O) groups is 6. The second kappa shape index (κ2) is 14.6. The van der Waals surface area contributed by atoms with Gasteiger partial charge in [-0.3, -0.25) is 24.0 Å². The van der Waals surface area contributed by atoms with E-state index in [1.165, 1.54) is 12.5 Å². The smallest absolute Gasteiger partial charge is 0.327 e. The van der Waals surface area contributed by atoms with E-state index >= 15 is 0 Å². The Hall–Kier alpha value is -3.66. The van der Waals surface area contributed by atoms with E-state index in [-0.39, 0.29) is 37.9 Å². The molecule has 1 aromatic heterocycles. The van der Waals surface area contributed by atoms with Gasteiger partial charge in [0.2, 0.25) is 29.5 Å². The molecular formula is C19H30N8O7S. The van der Waals surface area contributed by atoms with Crippen molar-refractivity contribution in [2.24, 2.45) is 17.2 Å². The highest BCUT2D eigenvalue weighted by Crippen LogP contribution is 2.05. The number of hydrogen-bond donors (Lipinski definition) is 9. The zero-order valence-electron chi connectivity index (χ0n) is 18.7. The van der Waals surface area contributed by atoms with Gasteiger partial charge in [-0.25, -0.2) is 9.78 Å². The summed E-state index contributed by atoms with van der Waals surface area (Å²) in [6.45, 7) is 0. The minimum Gasteiger partial charge on any atom is -0.480 e. The molecule has 1 rings (SSSR count). The third kappa shape index (κ3) is 10.9. The lowest BCUT2D eigenvalue weighted by Gasteiger charge is -2.24. The number of carbonyl (C=O) groups excluding carboxylic acids is 5. The van der Waals surface area contributed by atoms with Crippen molar-refractivity contribution < 1.29 is 33.9 Å². The number of aromatic nitrogens is 2. The second-order valence-corrected chi connectivity index (χ2v) is 7.97. The molecule has 35 heavy (non-hydrogen) atoms. The lowest BCUT2D eigenvalue weighted by atomic mass is 10.1. The normalized spacial score (nSPS) is 14.1. The highest BCUT2D eigenvalue weighted by Gasteiger charge is 2.30. The molecule has 1 heterocycles. The van der Waals surface area contributed by atoms with Crippen molar-refractivity contribution >= 4 is 48.1 Å². The third-order valence-electron chi connectivity index (χ3n) is 4.76. The fraction of sp³-hybridized carbons (Fsp3) is 0.526. The summed E-state index contributed by atoms with van der Waals surface area (Å²) in [5, 5.41) is 16.2. The molecule has 0 saturated heterocycles. The van der Waals surface area contributed by atoms with Crippen LogP contribution in [0.15, 0.2) is 12.5 Å². The minimum absolute atomic E-state index is 0.0521. The van der Waals surface area contributed by atoms with Crippen LogP contribution in [0, 0.1) is 0 Å². The molecule has 5 amide bonds. The van der Waals surface area contributed by atoms with Crippen LogP contribution in [0.5, 0.6) is 0 Å². The largest absolute Gasteiger partial charge is 0.480 e. The zero-order chi connectivity index (χ0) is 26.5. The first kappa shape index (κ1) is 29.4. The fourth-order valence-electron chi connectivity index (χ4n) is 2.82. The number of thiol groups is 1. The van der Waals surface area contributed by atoms with E-state index in [0.717, 1.165) is 0 Å². The van der Waals surface area contributed by atoms with Gasteiger partial charge >= 0.3 is 5.97 Å². The van der Waals surface area contributed by atoms with Gasteiger partial charge in [0.05, 0.1) is 12.4 Å². The maximum atomic E-state index is 13.0. The van der Waals surface area contributed by atoms with Crippen LogP contribution >= 0.6 is 12.6 Å². The van der Waals surface area contributed by atoms with Crippen LogP contribution in [0.2, 0.25) is 0 Å². The number of nitrogens with two attached hydrogens (primary N) is 3. The van der Waals surface area contributed by atoms with E-state index in [4.69, 9.17) is 22.3 Å². The predicted molar refractivity (Wildman–Crippen MR) is 124 cm³/mol. The van der Waals surface area contributed by atoms with Gasteiger partial charge in [-0.15, -0.1) is 0 Å². The van der Waals surface area contributed by atoms with Crippen LogP contribution in [0.3, 0.4) is 0 Å². The van der Waals surface area contributed by atoms with Gasteiger partial charge in [-0.05, 0) is 12.8 Å². The molecule has 0 aliphatic heterocycles. The molecular weight excluding hydrogens is 484 g/mol. The standard InChI is InChI=1S/C19H30N8O7S/c20-10(1-3-14(21)28)16(30)26-12(5-9-6-23-8-24-9)18(32)25-11(2-4-15(22)29)17(31)27-13(7-35)19(33)34/h6,8,10-13,35H,1-5,7,20H2,(H2,21,28)(H2,22,29)(H,23,24)(H,25,32)(H,26,30)(H,27,31)(H,33,34). The van der Waals surface area contributed by atoms with Crippen molar-refractivity contribution in [2.45, 2.75) is 56.3 Å². The summed E-state index contributed by atoms with van der Waals surface area (Å²) < 4.78 is 0. The molecule has 11 N–H and O–H groups in total. The number of primary amides is 2. The maximum Gasteiger partial charge on any atom is 0.327 e. The van der Waals surface area contributed by atoms with Crippen molar-refractivity contribution in [3.8, 4) is 0 Å². The number of H-pyrrole nitrogens is 1. The molecule has 4 unspecified atom stereocenters. The van der Waals surface area contributed by atoms with Gasteiger partial charge in [0.25, 0.3) is 0 Å². The van der Waals surface area contributed by atoms with Gasteiger partial charge < -0.3 is 43.2 Å². The second-order valence-electron chi connectivity index (χ2n) is 7.60. The van der Waals surface area contributed by atoms with E-state index in [0.29, 0.717) is 5.69 Å². The van der Waals surface area contributed by atoms with Crippen molar-refractivity contribution in [3.05, 3.63) is 18.2 Å². The topological polar surface area (TPSA) is 265 Å². The van der Waals surface area contributed by atoms with Gasteiger partial charge in [0, 0.05) is 36.9 Å². The van der Waals surface area contributed by atoms with E-state index in [1.54, 1.807) is 0 Å². The molecule has 15 nitrogen and oxygen atoms in total. The Morgan fingerprint density at radius 1 is 0.914 bits per heavy atom. The number of rotatable bonds is 16. The Morgan fingerprint density at radius 3 is 1.97 bits per heavy atom. The van der Waals surface area contributed by atoms with Crippen LogP contribution in [-0.2, 0) is 35.2 Å². The molecule has 0 radical (unpaired) electrons. The first-order valence-electron chi connectivity index (χ1n) is 10.5. The first-order valence-corrected chi connectivity index (χ1v) is 11.1. The summed E-state index contributed by atoms with van der Waals surface area (Å²) in [5.74, 6) is -5.41. The lowest BCUT2D eigenvalue weighted by Crippen LogP contribution is -2.58. The summed E-state index contributed by atoms with van der Waals surface area (Å²) in [7, 11) is 0. The summed E-state index contributed by atoms with van der Waals surface area (Å²) in [5.41, 5.74) is 16.4. The third-order valence-corrected chi connectivity index (χ3v) is 5.13. The first-order chi connectivity index (χ1) is 16.4. The molecule has 4 atom stereocenters. The summed E-state index contributed by atoms with van der Waals surface area (Å²) >= 11 is 3.87. The van der Waals surface area contributed by atoms with Gasteiger partial charge in [-0.2, -0.15) is 12.6 Å². The van der Waals surface area contributed by atoms with E-state index in [9.17, 15) is 28.8 Å². The van der Waals surface area contributed by atoms with Crippen LogP contribution in [0.1, 0.15) is 31.4 Å². The Morgan fingerprint density at radius 2 is 1.46 bits per heavy atom. The number of carboxylic acids is 1. The number of nitrogens with zero attached hydrogens (tertiary/aromatic N) is 1. The minimum atomic E-state index is -1.35. The van der Waals surface area contributed by atoms with Gasteiger partial charge in [0.1, 0.15) is 18.1 Å². The van der Waals surface area contributed by atoms with Crippen molar-refractivity contribution in [2.75, 3.05) is 5.75 Å². The molecule has 0 fully saturated rings. The average Bonchev–Trinajstić information content (AvgIpc) is 3.30. The van der Waals surface area contributed by atoms with Crippen molar-refractivity contribution in [1.29, 1.82) is 0 Å². The monoisotopic (exact) mass is 514 g/mol. The summed E-state index contributed by atoms with van der Waals surface area (Å²) in [6.07, 6.45) is 2.00. The van der Waals surface area contributed by atoms with Gasteiger partial charge in [-0.1, -0.05) is 0 Å². The molecule has 0 aliphatic carbocycles. The SMILES string of the molecule is NC(=O)CCC(N)C(=O)NC(Cc1cnc[nH]1)C(=O)NC(CCC(N)=O)C(=O)NC(CS)C(=O)O. The molecule has 16 heteroatoms. The molecule has 194 valence electrons. The Balaban J connectivity index is 3.03. The number of amides is 5. The Labute approximate surface area is 205 Å². The van der Waals surface area contributed by atoms with Crippen LogP contribution < -0.4 is 33.2 Å². The molecule has 0 aromatic carbocycles. The summed E-state index contributed by atoms with van der Waals surface area (Å²) in [4.78, 5) is 78.2. The predicted octanol–water partition coefficient (Wildman–Crippen LogP) is -3.72. The van der Waals surface area contributed by atoms with Crippen LogP contribution in [0.25, 0.3) is 0 Å². The van der Waals surface area contributed by atoms with E-state index in [1.807, 2.05) is 0 Å². The molecule has 0 aliphatic rings. The molecule has 0 saturated carbocycles. The van der Waals surface area contributed by atoms with Gasteiger partial charge in [0.15, 0.2) is 0 Å². The van der Waals surface area contributed by atoms with Crippen LogP contribution in [-0.4, -0.2) is 80.5 Å². The highest BCUT2D eigenvalue weighted by molar-refractivity contribution is 7.80. The zero-order valence-corrected chi connectivity index (χ0v) is 19.6. The number of aromatic amines is 1. The quantitative estimate of drug-likeness (QED) is 0.0980. The number of nitrogens with one attached hydrogen (secondary N) is 4. The van der Waals surface area contributed by atoms with E-state index in [2.05, 4.69) is 38.5 Å². The van der Waals surface area contributed by atoms with Crippen molar-refractivity contribution in [3.63, 3.8) is 0 Å². The Bertz CT molecular complexity index is 911. The number of hydrogen-bond acceptors (Lipinski definition) is 9. The fourth-order valence-corrected chi connectivity index (χ4v) is 3.07. The highest BCUT2D eigenvalue weighted by atomic mass is 32.1.